The topological polar surface area (TPSA) is 107 Å². The minimum absolute atomic E-state index is 0.199. The van der Waals surface area contributed by atoms with E-state index >= 15 is 0 Å². The molecule has 10 heteroatoms. The number of urea groups is 1. The molecule has 4 heterocycles. The van der Waals surface area contributed by atoms with Crippen LogP contribution in [0.4, 0.5) is 16.4 Å². The van der Waals surface area contributed by atoms with Crippen LogP contribution in [0.2, 0.25) is 0 Å². The lowest BCUT2D eigenvalue weighted by Gasteiger charge is -2.35. The van der Waals surface area contributed by atoms with Crippen LogP contribution < -0.4 is 20.9 Å². The second-order valence-corrected chi connectivity index (χ2v) is 7.64. The van der Waals surface area contributed by atoms with Gasteiger partial charge in [-0.15, -0.1) is 0 Å². The number of rotatable bonds is 5. The summed E-state index contributed by atoms with van der Waals surface area (Å²) in [4.78, 5) is 32.9. The second-order valence-electron chi connectivity index (χ2n) is 7.64. The van der Waals surface area contributed by atoms with E-state index in [1.54, 1.807) is 16.8 Å². The number of carbonyl (C=O) groups is 2. The fourth-order valence-corrected chi connectivity index (χ4v) is 3.70. The molecule has 0 atom stereocenters. The first kappa shape index (κ1) is 17.9. The maximum Gasteiger partial charge on any atom is 0.326 e. The second kappa shape index (κ2) is 7.03. The van der Waals surface area contributed by atoms with Crippen molar-refractivity contribution in [2.45, 2.75) is 25.8 Å². The van der Waals surface area contributed by atoms with Gasteiger partial charge in [-0.25, -0.2) is 9.78 Å². The molecule has 2 saturated heterocycles. The number of piperazine rings is 1. The normalized spacial score (nSPS) is 21.7. The van der Waals surface area contributed by atoms with Crippen molar-refractivity contribution in [1.29, 1.82) is 0 Å². The average Bonchev–Trinajstić information content (AvgIpc) is 3.36. The Bertz CT molecular complexity index is 1000. The van der Waals surface area contributed by atoms with E-state index < -0.39 is 11.9 Å². The summed E-state index contributed by atoms with van der Waals surface area (Å²) < 4.78 is 1.77. The van der Waals surface area contributed by atoms with Crippen LogP contribution in [0.1, 0.15) is 25.3 Å². The number of nitrogens with zero attached hydrogens (tertiary/aromatic N) is 5. The largest absolute Gasteiger partial charge is 0.367 e. The highest BCUT2D eigenvalue weighted by Crippen LogP contribution is 2.29. The average molecular weight is 396 g/mol. The van der Waals surface area contributed by atoms with Crippen LogP contribution >= 0.6 is 0 Å². The molecule has 0 radical (unpaired) electrons. The van der Waals surface area contributed by atoms with E-state index in [4.69, 9.17) is 4.98 Å². The lowest BCUT2D eigenvalue weighted by molar-refractivity contribution is -0.115. The van der Waals surface area contributed by atoms with E-state index in [0.29, 0.717) is 17.3 Å². The van der Waals surface area contributed by atoms with Gasteiger partial charge in [0.2, 0.25) is 0 Å². The van der Waals surface area contributed by atoms with Crippen molar-refractivity contribution in [3.8, 4) is 0 Å². The van der Waals surface area contributed by atoms with Crippen LogP contribution in [0.25, 0.3) is 11.7 Å². The van der Waals surface area contributed by atoms with Gasteiger partial charge in [0.15, 0.2) is 5.65 Å². The fraction of sp³-hybridized carbons (Fsp3) is 0.474. The number of carbonyl (C=O) groups excluding carboxylic acids is 2. The highest BCUT2D eigenvalue weighted by atomic mass is 16.2. The summed E-state index contributed by atoms with van der Waals surface area (Å²) in [5.41, 5.74) is 1.54. The Hall–Kier alpha value is -3.14. The van der Waals surface area contributed by atoms with Crippen molar-refractivity contribution >= 4 is 35.3 Å². The molecular weight excluding hydrogens is 372 g/mol. The number of nitrogens with one attached hydrogen (secondary N) is 3. The van der Waals surface area contributed by atoms with Crippen molar-refractivity contribution in [3.63, 3.8) is 0 Å². The van der Waals surface area contributed by atoms with Gasteiger partial charge in [-0.1, -0.05) is 6.92 Å². The molecule has 0 aromatic carbocycles. The summed E-state index contributed by atoms with van der Waals surface area (Å²) in [5, 5.41) is 12.7. The molecule has 1 saturated carbocycles. The Morgan fingerprint density at radius 3 is 2.66 bits per heavy atom. The van der Waals surface area contributed by atoms with E-state index in [-0.39, 0.29) is 5.70 Å². The summed E-state index contributed by atoms with van der Waals surface area (Å²) in [6.07, 6.45) is 5.59. The highest BCUT2D eigenvalue weighted by Gasteiger charge is 2.26. The molecule has 3 fully saturated rings. The zero-order valence-electron chi connectivity index (χ0n) is 16.3. The van der Waals surface area contributed by atoms with Crippen LogP contribution in [0.3, 0.4) is 0 Å². The van der Waals surface area contributed by atoms with Crippen molar-refractivity contribution in [2.75, 3.05) is 42.9 Å². The summed E-state index contributed by atoms with van der Waals surface area (Å²) in [7, 11) is 0. The molecule has 10 nitrogen and oxygen atoms in total. The molecule has 0 unspecified atom stereocenters. The van der Waals surface area contributed by atoms with Gasteiger partial charge in [0.1, 0.15) is 17.3 Å². The zero-order chi connectivity index (χ0) is 20.0. The predicted octanol–water partition coefficient (Wildman–Crippen LogP) is 0.626. The van der Waals surface area contributed by atoms with Gasteiger partial charge < -0.3 is 20.4 Å². The number of likely N-dealkylation sites (N-methyl/N-ethyl adjacent to an activating group) is 1. The molecule has 29 heavy (non-hydrogen) atoms. The number of imide groups is 1. The highest BCUT2D eigenvalue weighted by molar-refractivity contribution is 6.14. The third-order valence-electron chi connectivity index (χ3n) is 5.58. The molecule has 3 amide bonds. The molecule has 152 valence electrons. The number of amides is 3. The third kappa shape index (κ3) is 3.51. The quantitative estimate of drug-likeness (QED) is 0.503. The first-order chi connectivity index (χ1) is 14.1. The van der Waals surface area contributed by atoms with E-state index in [1.807, 2.05) is 0 Å². The molecule has 0 spiro atoms. The molecule has 1 aliphatic carbocycles. The van der Waals surface area contributed by atoms with Crippen LogP contribution in [-0.2, 0) is 4.79 Å². The first-order valence-corrected chi connectivity index (χ1v) is 10.1. The molecular formula is C19H24N8O2. The van der Waals surface area contributed by atoms with Gasteiger partial charge in [-0.2, -0.15) is 9.61 Å². The maximum atomic E-state index is 11.9. The van der Waals surface area contributed by atoms with E-state index in [0.717, 1.165) is 57.2 Å². The predicted molar refractivity (Wildman–Crippen MR) is 109 cm³/mol. The van der Waals surface area contributed by atoms with Crippen molar-refractivity contribution in [1.82, 2.24) is 30.1 Å². The van der Waals surface area contributed by atoms with Gasteiger partial charge in [-0.3, -0.25) is 10.1 Å². The number of hydrogen-bond acceptors (Lipinski definition) is 7. The van der Waals surface area contributed by atoms with Gasteiger partial charge in [0.05, 0.1) is 6.20 Å². The Labute approximate surface area is 167 Å². The van der Waals surface area contributed by atoms with Crippen LogP contribution in [0.5, 0.6) is 0 Å². The van der Waals surface area contributed by atoms with Gasteiger partial charge in [0, 0.05) is 43.9 Å². The molecule has 2 aromatic heterocycles. The molecule has 3 N–H and O–H groups in total. The summed E-state index contributed by atoms with van der Waals surface area (Å²) in [6, 6.07) is 2.01. The number of aromatic nitrogens is 3. The molecule has 2 aliphatic heterocycles. The first-order valence-electron chi connectivity index (χ1n) is 10.1. The maximum absolute atomic E-state index is 11.9. The summed E-state index contributed by atoms with van der Waals surface area (Å²) >= 11 is 0. The lowest BCUT2D eigenvalue weighted by Crippen LogP contribution is -2.46. The summed E-state index contributed by atoms with van der Waals surface area (Å²) in [6.45, 7) is 7.10. The lowest BCUT2D eigenvalue weighted by atomic mass is 10.2. The molecule has 3 aliphatic rings. The van der Waals surface area contributed by atoms with E-state index in [2.05, 4.69) is 43.8 Å². The fourth-order valence-electron chi connectivity index (χ4n) is 3.70. The van der Waals surface area contributed by atoms with Gasteiger partial charge in [0.25, 0.3) is 5.91 Å². The van der Waals surface area contributed by atoms with Gasteiger partial charge >= 0.3 is 6.03 Å². The number of hydrogen-bond donors (Lipinski definition) is 3. The van der Waals surface area contributed by atoms with Crippen molar-refractivity contribution in [3.05, 3.63) is 23.5 Å². The Balaban J connectivity index is 1.53. The van der Waals surface area contributed by atoms with E-state index in [1.165, 1.54) is 0 Å². The molecule has 5 rings (SSSR count). The Morgan fingerprint density at radius 1 is 1.21 bits per heavy atom. The third-order valence-corrected chi connectivity index (χ3v) is 5.58. The smallest absolute Gasteiger partial charge is 0.326 e. The minimum Gasteiger partial charge on any atom is -0.367 e. The number of fused-ring (bicyclic) bond motifs is 1. The van der Waals surface area contributed by atoms with E-state index in [9.17, 15) is 9.59 Å². The standard InChI is InChI=1S/C19H24N8O2/c1-2-25-5-7-26(8-6-25)15-10-16(21-13-3-4-13)27-17(23-15)12(11-20-27)9-14-18(28)24-19(29)22-14/h9-11,13,21H,2-8H2,1H3,(H2,22,24,28,29). The van der Waals surface area contributed by atoms with Crippen LogP contribution in [-0.4, -0.2) is 70.2 Å². The Morgan fingerprint density at radius 2 is 2.00 bits per heavy atom. The van der Waals surface area contributed by atoms with Crippen LogP contribution in [0.15, 0.2) is 18.0 Å². The minimum atomic E-state index is -0.517. The van der Waals surface area contributed by atoms with Crippen LogP contribution in [0, 0.1) is 0 Å². The molecule has 0 bridgehead atoms. The summed E-state index contributed by atoms with van der Waals surface area (Å²) in [5.74, 6) is 1.35. The zero-order valence-corrected chi connectivity index (χ0v) is 16.3. The van der Waals surface area contributed by atoms with Gasteiger partial charge in [-0.05, 0) is 25.5 Å². The van der Waals surface area contributed by atoms with Crippen molar-refractivity contribution < 1.29 is 9.59 Å². The molecule has 2 aromatic rings. The van der Waals surface area contributed by atoms with Crippen molar-refractivity contribution in [2.24, 2.45) is 0 Å². The number of anilines is 2. The monoisotopic (exact) mass is 396 g/mol. The SMILES string of the molecule is CCN1CCN(c2cc(NC3CC3)n3ncc(C=C4NC(=O)NC4=O)c3n2)CC1. The Kier molecular flexibility index (Phi) is 4.35.